The monoisotopic (exact) mass is 348 g/mol. The van der Waals surface area contributed by atoms with E-state index in [4.69, 9.17) is 11.6 Å². The van der Waals surface area contributed by atoms with Gasteiger partial charge >= 0.3 is 0 Å². The average Bonchev–Trinajstić information content (AvgIpc) is 2.52. The summed E-state index contributed by atoms with van der Waals surface area (Å²) >= 11 is 5.80. The summed E-state index contributed by atoms with van der Waals surface area (Å²) in [4.78, 5) is 2.12. The summed E-state index contributed by atoms with van der Waals surface area (Å²) in [5.74, 6) is 5.73. The van der Waals surface area contributed by atoms with Crippen LogP contribution in [0.3, 0.4) is 0 Å². The number of halogens is 1. The van der Waals surface area contributed by atoms with E-state index in [9.17, 15) is 8.42 Å². The zero-order valence-electron chi connectivity index (χ0n) is 12.9. The van der Waals surface area contributed by atoms with Crippen molar-refractivity contribution < 1.29 is 8.42 Å². The minimum atomic E-state index is -3.60. The second kappa shape index (κ2) is 7.51. The second-order valence-corrected chi connectivity index (χ2v) is 7.23. The average molecular weight is 349 g/mol. The van der Waals surface area contributed by atoms with Crippen molar-refractivity contribution in [3.63, 3.8) is 0 Å². The molecule has 0 saturated heterocycles. The Labute approximate surface area is 142 Å². The maximum atomic E-state index is 12.1. The van der Waals surface area contributed by atoms with Crippen molar-refractivity contribution in [2.24, 2.45) is 0 Å². The van der Waals surface area contributed by atoms with E-state index in [-0.39, 0.29) is 11.4 Å². The summed E-state index contributed by atoms with van der Waals surface area (Å²) in [7, 11) is 0.328. The summed E-state index contributed by atoms with van der Waals surface area (Å²) in [6.07, 6.45) is 0. The van der Waals surface area contributed by atoms with Crippen LogP contribution in [0.15, 0.2) is 53.4 Å². The van der Waals surface area contributed by atoms with Crippen LogP contribution >= 0.6 is 11.6 Å². The summed E-state index contributed by atoms with van der Waals surface area (Å²) in [6.45, 7) is 0.0320. The highest BCUT2D eigenvalue weighted by Crippen LogP contribution is 2.15. The van der Waals surface area contributed by atoms with E-state index in [1.165, 1.54) is 12.1 Å². The zero-order valence-corrected chi connectivity index (χ0v) is 14.4. The molecule has 0 spiro atoms. The fourth-order valence-corrected chi connectivity index (χ4v) is 3.06. The first-order valence-corrected chi connectivity index (χ1v) is 8.76. The lowest BCUT2D eigenvalue weighted by Crippen LogP contribution is -2.23. The Morgan fingerprint density at radius 3 is 2.43 bits per heavy atom. The highest BCUT2D eigenvalue weighted by atomic mass is 35.5. The van der Waals surface area contributed by atoms with Crippen LogP contribution in [0, 0.1) is 11.8 Å². The molecule has 0 aromatic heterocycles. The Kier molecular flexibility index (Phi) is 5.67. The quantitative estimate of drug-likeness (QED) is 0.864. The largest absolute Gasteiger partial charge is 0.378 e. The molecule has 0 aliphatic heterocycles. The Morgan fingerprint density at radius 2 is 1.83 bits per heavy atom. The molecule has 0 aliphatic rings. The minimum absolute atomic E-state index is 0.0320. The van der Waals surface area contributed by atoms with Gasteiger partial charge in [0.15, 0.2) is 0 Å². The van der Waals surface area contributed by atoms with Crippen LogP contribution in [0.4, 0.5) is 5.69 Å². The van der Waals surface area contributed by atoms with Crippen LogP contribution in [0.1, 0.15) is 5.56 Å². The number of anilines is 1. The lowest BCUT2D eigenvalue weighted by Gasteiger charge is -2.11. The third-order valence-corrected chi connectivity index (χ3v) is 4.71. The van der Waals surface area contributed by atoms with E-state index in [0.29, 0.717) is 5.02 Å². The Balaban J connectivity index is 1.99. The van der Waals surface area contributed by atoms with Crippen LogP contribution in [0.5, 0.6) is 0 Å². The molecule has 2 aromatic carbocycles. The van der Waals surface area contributed by atoms with E-state index < -0.39 is 10.0 Å². The molecular formula is C17H17ClN2O2S. The van der Waals surface area contributed by atoms with Gasteiger partial charge in [-0.25, -0.2) is 8.42 Å². The predicted octanol–water partition coefficient (Wildman–Crippen LogP) is 2.74. The van der Waals surface area contributed by atoms with Gasteiger partial charge in [0.25, 0.3) is 0 Å². The highest BCUT2D eigenvalue weighted by Gasteiger charge is 2.12. The zero-order chi connectivity index (χ0) is 16.9. The topological polar surface area (TPSA) is 49.4 Å². The van der Waals surface area contributed by atoms with Crippen molar-refractivity contribution in [1.29, 1.82) is 0 Å². The predicted molar refractivity (Wildman–Crippen MR) is 94.3 cm³/mol. The molecule has 0 bridgehead atoms. The third kappa shape index (κ3) is 5.00. The molecule has 0 atom stereocenters. The minimum Gasteiger partial charge on any atom is -0.378 e. The molecule has 0 amide bonds. The van der Waals surface area contributed by atoms with Gasteiger partial charge < -0.3 is 4.90 Å². The molecule has 4 nitrogen and oxygen atoms in total. The number of hydrogen-bond donors (Lipinski definition) is 1. The third-order valence-electron chi connectivity index (χ3n) is 3.07. The summed E-state index contributed by atoms with van der Waals surface area (Å²) in [6, 6.07) is 13.8. The van der Waals surface area contributed by atoms with Gasteiger partial charge in [-0.2, -0.15) is 4.72 Å². The van der Waals surface area contributed by atoms with Crippen molar-refractivity contribution >= 4 is 27.3 Å². The molecule has 1 N–H and O–H groups in total. The van der Waals surface area contributed by atoms with Crippen LogP contribution in [-0.4, -0.2) is 29.1 Å². The molecule has 0 unspecified atom stereocenters. The second-order valence-electron chi connectivity index (χ2n) is 5.03. The van der Waals surface area contributed by atoms with E-state index in [2.05, 4.69) is 16.6 Å². The van der Waals surface area contributed by atoms with Crippen molar-refractivity contribution in [3.05, 3.63) is 59.1 Å². The van der Waals surface area contributed by atoms with Crippen LogP contribution in [-0.2, 0) is 10.0 Å². The van der Waals surface area contributed by atoms with E-state index in [0.717, 1.165) is 11.3 Å². The lowest BCUT2D eigenvalue weighted by atomic mass is 10.2. The Bertz CT molecular complexity index is 835. The summed E-state index contributed by atoms with van der Waals surface area (Å²) < 4.78 is 26.6. The first-order valence-electron chi connectivity index (χ1n) is 6.90. The fraction of sp³-hybridized carbons (Fsp3) is 0.176. The molecular weight excluding hydrogens is 332 g/mol. The van der Waals surface area contributed by atoms with Crippen LogP contribution in [0.2, 0.25) is 5.02 Å². The number of sulfonamides is 1. The lowest BCUT2D eigenvalue weighted by molar-refractivity contribution is 0.586. The van der Waals surface area contributed by atoms with Crippen molar-refractivity contribution in [1.82, 2.24) is 4.72 Å². The molecule has 0 fully saturated rings. The van der Waals surface area contributed by atoms with Gasteiger partial charge in [0.2, 0.25) is 10.0 Å². The number of nitrogens with one attached hydrogen (secondary N) is 1. The van der Waals surface area contributed by atoms with Gasteiger partial charge in [-0.05, 0) is 42.5 Å². The molecule has 0 radical (unpaired) electrons. The standard InChI is InChI=1S/C17H17ClN2O2S/c1-20(2)16-10-8-14(9-11-16)5-4-12-19-23(21,22)17-7-3-6-15(18)13-17/h3,6-11,13,19H,12H2,1-2H3. The SMILES string of the molecule is CN(C)c1ccc(C#CCNS(=O)(=O)c2cccc(Cl)c2)cc1. The number of rotatable bonds is 4. The van der Waals surface area contributed by atoms with Crippen molar-refractivity contribution in [3.8, 4) is 11.8 Å². The van der Waals surface area contributed by atoms with Gasteiger partial charge in [0.1, 0.15) is 0 Å². The fourth-order valence-electron chi connectivity index (χ4n) is 1.84. The number of nitrogens with zero attached hydrogens (tertiary/aromatic N) is 1. The van der Waals surface area contributed by atoms with E-state index in [1.807, 2.05) is 43.3 Å². The van der Waals surface area contributed by atoms with Crippen molar-refractivity contribution in [2.45, 2.75) is 4.90 Å². The molecule has 23 heavy (non-hydrogen) atoms. The first kappa shape index (κ1) is 17.4. The Hall–Kier alpha value is -2.00. The summed E-state index contributed by atoms with van der Waals surface area (Å²) in [5.41, 5.74) is 1.91. The van der Waals surface area contributed by atoms with Gasteiger partial charge in [-0.1, -0.05) is 29.5 Å². The number of hydrogen-bond acceptors (Lipinski definition) is 3. The van der Waals surface area contributed by atoms with Gasteiger partial charge in [-0.3, -0.25) is 0 Å². The summed E-state index contributed by atoms with van der Waals surface area (Å²) in [5, 5.41) is 0.375. The van der Waals surface area contributed by atoms with Crippen LogP contribution in [0.25, 0.3) is 0 Å². The van der Waals surface area contributed by atoms with Gasteiger partial charge in [0, 0.05) is 30.4 Å². The normalized spacial score (nSPS) is 10.7. The molecule has 0 saturated carbocycles. The smallest absolute Gasteiger partial charge is 0.241 e. The van der Waals surface area contributed by atoms with Gasteiger partial charge in [-0.15, -0.1) is 0 Å². The van der Waals surface area contributed by atoms with Crippen molar-refractivity contribution in [2.75, 3.05) is 25.5 Å². The molecule has 2 rings (SSSR count). The maximum Gasteiger partial charge on any atom is 0.241 e. The number of benzene rings is 2. The molecule has 2 aromatic rings. The molecule has 0 heterocycles. The first-order chi connectivity index (χ1) is 10.9. The Morgan fingerprint density at radius 1 is 1.13 bits per heavy atom. The molecule has 6 heteroatoms. The molecule has 120 valence electrons. The maximum absolute atomic E-state index is 12.1. The van der Waals surface area contributed by atoms with Crippen LogP contribution < -0.4 is 9.62 Å². The molecule has 0 aliphatic carbocycles. The highest BCUT2D eigenvalue weighted by molar-refractivity contribution is 7.89. The van der Waals surface area contributed by atoms with Gasteiger partial charge in [0.05, 0.1) is 11.4 Å². The van der Waals surface area contributed by atoms with E-state index in [1.54, 1.807) is 12.1 Å². The van der Waals surface area contributed by atoms with E-state index >= 15 is 0 Å².